The highest BCUT2D eigenvalue weighted by Crippen LogP contribution is 2.23. The molecule has 0 radical (unpaired) electrons. The van der Waals surface area contributed by atoms with E-state index < -0.39 is 6.04 Å². The van der Waals surface area contributed by atoms with Gasteiger partial charge in [-0.1, -0.05) is 37.5 Å². The summed E-state index contributed by atoms with van der Waals surface area (Å²) in [6.07, 6.45) is 9.63. The maximum absolute atomic E-state index is 12.4. The van der Waals surface area contributed by atoms with Crippen LogP contribution in [0.1, 0.15) is 60.1 Å². The lowest BCUT2D eigenvalue weighted by Gasteiger charge is -2.22. The predicted molar refractivity (Wildman–Crippen MR) is 99.8 cm³/mol. The van der Waals surface area contributed by atoms with Crippen molar-refractivity contribution in [3.63, 3.8) is 0 Å². The van der Waals surface area contributed by atoms with Gasteiger partial charge in [-0.2, -0.15) is 0 Å². The van der Waals surface area contributed by atoms with E-state index in [1.807, 2.05) is 24.4 Å². The van der Waals surface area contributed by atoms with Gasteiger partial charge in [0.15, 0.2) is 5.69 Å². The van der Waals surface area contributed by atoms with Gasteiger partial charge in [-0.3, -0.25) is 4.79 Å². The van der Waals surface area contributed by atoms with E-state index in [-0.39, 0.29) is 11.9 Å². The minimum atomic E-state index is -0.398. The maximum atomic E-state index is 12.4. The third-order valence-corrected chi connectivity index (χ3v) is 5.13. The third-order valence-electron chi connectivity index (χ3n) is 5.13. The molecule has 1 aromatic carbocycles. The molecule has 0 aliphatic heterocycles. The summed E-state index contributed by atoms with van der Waals surface area (Å²) in [5, 5.41) is 4.19. The molecule has 2 aromatic heterocycles. The van der Waals surface area contributed by atoms with Crippen molar-refractivity contribution in [3.8, 4) is 0 Å². The summed E-state index contributed by atoms with van der Waals surface area (Å²) in [6, 6.07) is 7.94. The standard InChI is InChI=1S/C20H24N4O2/c21-16(10-13-11-22-17-9-5-4-8-15(13)17)20-24-18(12-26-20)19(25)23-14-6-2-1-3-7-14/h4-5,8-9,11-12,14,16,22H,1-3,6-7,10,21H2,(H,23,25)/t16-/m0/s1. The first-order valence-electron chi connectivity index (χ1n) is 9.27. The third kappa shape index (κ3) is 3.51. The second kappa shape index (κ2) is 7.33. The normalized spacial score (nSPS) is 16.7. The first-order chi connectivity index (χ1) is 12.7. The Balaban J connectivity index is 1.42. The number of carbonyl (C=O) groups is 1. The second-order valence-electron chi connectivity index (χ2n) is 7.05. The molecule has 1 aliphatic carbocycles. The number of hydrogen-bond acceptors (Lipinski definition) is 4. The molecule has 2 heterocycles. The number of H-pyrrole nitrogens is 1. The molecule has 4 N–H and O–H groups in total. The summed E-state index contributed by atoms with van der Waals surface area (Å²) < 4.78 is 5.49. The van der Waals surface area contributed by atoms with Gasteiger partial charge < -0.3 is 20.5 Å². The molecule has 4 rings (SSSR count). The van der Waals surface area contributed by atoms with Gasteiger partial charge >= 0.3 is 0 Å². The number of nitrogens with one attached hydrogen (secondary N) is 2. The van der Waals surface area contributed by atoms with Gasteiger partial charge in [0.25, 0.3) is 5.91 Å². The van der Waals surface area contributed by atoms with Gasteiger partial charge in [0.2, 0.25) is 5.89 Å². The van der Waals surface area contributed by atoms with E-state index in [4.69, 9.17) is 10.2 Å². The molecule has 1 saturated carbocycles. The molecule has 1 atom stereocenters. The monoisotopic (exact) mass is 352 g/mol. The molecule has 0 spiro atoms. The molecule has 136 valence electrons. The van der Waals surface area contributed by atoms with Crippen molar-refractivity contribution >= 4 is 16.8 Å². The summed E-state index contributed by atoms with van der Waals surface area (Å²) in [6.45, 7) is 0. The number of hydrogen-bond donors (Lipinski definition) is 3. The van der Waals surface area contributed by atoms with E-state index >= 15 is 0 Å². The number of fused-ring (bicyclic) bond motifs is 1. The topological polar surface area (TPSA) is 96.9 Å². The zero-order chi connectivity index (χ0) is 17.9. The number of amides is 1. The van der Waals surface area contributed by atoms with E-state index in [0.29, 0.717) is 18.0 Å². The Kier molecular flexibility index (Phi) is 4.75. The highest BCUT2D eigenvalue weighted by molar-refractivity contribution is 5.92. The first kappa shape index (κ1) is 16.8. The van der Waals surface area contributed by atoms with Crippen LogP contribution in [0.5, 0.6) is 0 Å². The number of carbonyl (C=O) groups excluding carboxylic acids is 1. The van der Waals surface area contributed by atoms with Crippen LogP contribution in [-0.2, 0) is 6.42 Å². The summed E-state index contributed by atoms with van der Waals surface area (Å²) in [5.74, 6) is 0.218. The van der Waals surface area contributed by atoms with Crippen LogP contribution < -0.4 is 11.1 Å². The van der Waals surface area contributed by atoms with E-state index in [9.17, 15) is 4.79 Å². The van der Waals surface area contributed by atoms with Crippen molar-refractivity contribution in [1.29, 1.82) is 0 Å². The Hall–Kier alpha value is -2.60. The number of nitrogens with two attached hydrogens (primary N) is 1. The van der Waals surface area contributed by atoms with Crippen LogP contribution in [0.3, 0.4) is 0 Å². The Morgan fingerprint density at radius 3 is 2.96 bits per heavy atom. The Labute approximate surface area is 152 Å². The smallest absolute Gasteiger partial charge is 0.273 e. The van der Waals surface area contributed by atoms with Gasteiger partial charge in [0.1, 0.15) is 6.26 Å². The van der Waals surface area contributed by atoms with Crippen molar-refractivity contribution in [2.75, 3.05) is 0 Å². The SMILES string of the molecule is N[C@@H](Cc1c[nH]c2ccccc12)c1nc(C(=O)NC2CCCCC2)co1. The summed E-state index contributed by atoms with van der Waals surface area (Å²) in [7, 11) is 0. The molecule has 1 fully saturated rings. The number of rotatable bonds is 5. The van der Waals surface area contributed by atoms with Crippen molar-refractivity contribution in [2.45, 2.75) is 50.6 Å². The fourth-order valence-electron chi connectivity index (χ4n) is 3.69. The molecule has 1 aliphatic rings. The highest BCUT2D eigenvalue weighted by atomic mass is 16.3. The fraction of sp³-hybridized carbons (Fsp3) is 0.400. The second-order valence-corrected chi connectivity index (χ2v) is 7.05. The number of oxazole rings is 1. The fourth-order valence-corrected chi connectivity index (χ4v) is 3.69. The molecule has 0 bridgehead atoms. The number of benzene rings is 1. The average Bonchev–Trinajstić information content (AvgIpc) is 3.30. The van der Waals surface area contributed by atoms with Gasteiger partial charge in [-0.05, 0) is 30.9 Å². The van der Waals surface area contributed by atoms with E-state index in [0.717, 1.165) is 29.3 Å². The van der Waals surface area contributed by atoms with Gasteiger partial charge in [-0.25, -0.2) is 4.98 Å². The quantitative estimate of drug-likeness (QED) is 0.655. The Morgan fingerprint density at radius 2 is 2.12 bits per heavy atom. The lowest BCUT2D eigenvalue weighted by molar-refractivity contribution is 0.0922. The van der Waals surface area contributed by atoms with Crippen LogP contribution in [0.4, 0.5) is 0 Å². The number of aromatic nitrogens is 2. The molecule has 26 heavy (non-hydrogen) atoms. The van der Waals surface area contributed by atoms with Crippen LogP contribution in [0.2, 0.25) is 0 Å². The van der Waals surface area contributed by atoms with Crippen LogP contribution in [0.25, 0.3) is 10.9 Å². The van der Waals surface area contributed by atoms with Gasteiger partial charge in [-0.15, -0.1) is 0 Å². The molecule has 6 nitrogen and oxygen atoms in total. The number of nitrogens with zero attached hydrogens (tertiary/aromatic N) is 1. The van der Waals surface area contributed by atoms with Gasteiger partial charge in [0.05, 0.1) is 6.04 Å². The average molecular weight is 352 g/mol. The largest absolute Gasteiger partial charge is 0.446 e. The number of aromatic amines is 1. The lowest BCUT2D eigenvalue weighted by Crippen LogP contribution is -2.36. The zero-order valence-electron chi connectivity index (χ0n) is 14.7. The van der Waals surface area contributed by atoms with Crippen LogP contribution >= 0.6 is 0 Å². The molecule has 6 heteroatoms. The summed E-state index contributed by atoms with van der Waals surface area (Å²) in [5.41, 5.74) is 8.77. The van der Waals surface area contributed by atoms with Gasteiger partial charge in [0, 0.05) is 23.1 Å². The van der Waals surface area contributed by atoms with E-state index in [1.54, 1.807) is 0 Å². The van der Waals surface area contributed by atoms with Crippen molar-refractivity contribution in [2.24, 2.45) is 5.73 Å². The maximum Gasteiger partial charge on any atom is 0.273 e. The summed E-state index contributed by atoms with van der Waals surface area (Å²) in [4.78, 5) is 19.9. The van der Waals surface area contributed by atoms with Crippen molar-refractivity contribution in [1.82, 2.24) is 15.3 Å². The minimum Gasteiger partial charge on any atom is -0.446 e. The van der Waals surface area contributed by atoms with Crippen LogP contribution in [0, 0.1) is 0 Å². The van der Waals surface area contributed by atoms with Crippen molar-refractivity contribution in [3.05, 3.63) is 53.9 Å². The first-order valence-corrected chi connectivity index (χ1v) is 9.27. The molecule has 3 aromatic rings. The number of para-hydroxylation sites is 1. The zero-order valence-corrected chi connectivity index (χ0v) is 14.7. The highest BCUT2D eigenvalue weighted by Gasteiger charge is 2.21. The molecular weight excluding hydrogens is 328 g/mol. The van der Waals surface area contributed by atoms with E-state index in [1.165, 1.54) is 25.5 Å². The predicted octanol–water partition coefficient (Wildman–Crippen LogP) is 3.46. The molecule has 0 saturated heterocycles. The lowest BCUT2D eigenvalue weighted by atomic mass is 9.95. The molecular formula is C20H24N4O2. The Morgan fingerprint density at radius 1 is 1.31 bits per heavy atom. The molecule has 0 unspecified atom stereocenters. The van der Waals surface area contributed by atoms with E-state index in [2.05, 4.69) is 21.4 Å². The Bertz CT molecular complexity index is 892. The van der Waals surface area contributed by atoms with Crippen molar-refractivity contribution < 1.29 is 9.21 Å². The molecule has 1 amide bonds. The van der Waals surface area contributed by atoms with Crippen LogP contribution in [0.15, 0.2) is 41.1 Å². The minimum absolute atomic E-state index is 0.175. The van der Waals surface area contributed by atoms with Crippen LogP contribution in [-0.4, -0.2) is 21.9 Å². The summed E-state index contributed by atoms with van der Waals surface area (Å²) >= 11 is 0.